The second-order valence-corrected chi connectivity index (χ2v) is 22.0. The molecule has 0 saturated heterocycles. The van der Waals surface area contributed by atoms with Crippen molar-refractivity contribution in [3.05, 3.63) is 109 Å². The average molecular weight is 1050 g/mol. The highest BCUT2D eigenvalue weighted by atomic mass is 31.2. The van der Waals surface area contributed by atoms with Crippen molar-refractivity contribution in [1.82, 2.24) is 0 Å². The number of allylic oxidation sites excluding steroid dienone is 18. The number of likely N-dealkylation sites (N-methyl/N-ethyl adjacent to an activating group) is 1. The van der Waals surface area contributed by atoms with Gasteiger partial charge in [0.1, 0.15) is 19.8 Å². The standard InChI is InChI=1S/C64H110NO8P/c1-6-8-10-12-14-16-18-20-22-24-26-28-30-32-34-36-38-40-42-44-46-48-50-52-54-56-63(66)70-60-62(61-72-74(68,69)71-59-58-65(3,4)5)73-64(67)57-55-53-51-49-47-45-43-41-39-37-35-33-31-29-27-25-23-21-19-17-15-13-11-9-7-2/h8-11,14-17,20-23,26-29,33,35,62H,6-7,12-13,18-19,24-25,30-32,34,36-61H2,1-5H3/b10-8-,11-9-,16-14-,17-15-,22-20-,23-21-,28-26-,29-27-,35-33-. The van der Waals surface area contributed by atoms with Crippen molar-refractivity contribution < 1.29 is 42.1 Å². The molecular weight excluding hydrogens is 942 g/mol. The van der Waals surface area contributed by atoms with E-state index >= 15 is 0 Å². The molecule has 0 aromatic carbocycles. The Labute approximate surface area is 455 Å². The molecule has 9 nitrogen and oxygen atoms in total. The van der Waals surface area contributed by atoms with Gasteiger partial charge < -0.3 is 27.9 Å². The number of unbranched alkanes of at least 4 members (excludes halogenated alkanes) is 21. The van der Waals surface area contributed by atoms with Crippen molar-refractivity contribution in [1.29, 1.82) is 0 Å². The highest BCUT2D eigenvalue weighted by Crippen LogP contribution is 2.38. The van der Waals surface area contributed by atoms with E-state index < -0.39 is 26.5 Å². The minimum absolute atomic E-state index is 0.0376. The monoisotopic (exact) mass is 1050 g/mol. The number of esters is 2. The summed E-state index contributed by atoms with van der Waals surface area (Å²) in [5.41, 5.74) is 0. The fourth-order valence-electron chi connectivity index (χ4n) is 7.79. The van der Waals surface area contributed by atoms with Crippen LogP contribution in [0.5, 0.6) is 0 Å². The molecule has 0 N–H and O–H groups in total. The molecule has 0 aromatic heterocycles. The van der Waals surface area contributed by atoms with E-state index in [0.29, 0.717) is 17.4 Å². The Balaban J connectivity index is 4.19. The number of carbonyl (C=O) groups is 2. The van der Waals surface area contributed by atoms with Crippen LogP contribution in [-0.2, 0) is 32.7 Å². The maximum absolute atomic E-state index is 12.8. The number of hydrogen-bond donors (Lipinski definition) is 0. The number of quaternary nitrogens is 1. The Kier molecular flexibility index (Phi) is 52.0. The maximum Gasteiger partial charge on any atom is 0.306 e. The number of ether oxygens (including phenoxy) is 2. The van der Waals surface area contributed by atoms with Gasteiger partial charge in [0.25, 0.3) is 7.82 Å². The van der Waals surface area contributed by atoms with Crippen molar-refractivity contribution in [2.24, 2.45) is 0 Å². The number of carbonyl (C=O) groups excluding carboxylic acids is 2. The average Bonchev–Trinajstić information content (AvgIpc) is 3.36. The molecule has 10 heteroatoms. The van der Waals surface area contributed by atoms with Gasteiger partial charge in [-0.2, -0.15) is 0 Å². The number of hydrogen-bond acceptors (Lipinski definition) is 8. The first kappa shape index (κ1) is 70.7. The Bertz CT molecular complexity index is 1620. The smallest absolute Gasteiger partial charge is 0.306 e. The summed E-state index contributed by atoms with van der Waals surface area (Å²) in [6, 6.07) is 0. The van der Waals surface area contributed by atoms with Gasteiger partial charge in [-0.25, -0.2) is 0 Å². The third-order valence-electron chi connectivity index (χ3n) is 12.3. The molecule has 0 aliphatic rings. The van der Waals surface area contributed by atoms with Crippen LogP contribution in [-0.4, -0.2) is 70.0 Å². The molecule has 0 radical (unpaired) electrons. The third-order valence-corrected chi connectivity index (χ3v) is 13.3. The molecule has 0 saturated carbocycles. The van der Waals surface area contributed by atoms with E-state index in [-0.39, 0.29) is 32.0 Å². The summed E-state index contributed by atoms with van der Waals surface area (Å²) in [5, 5.41) is 0. The normalized spacial score (nSPS) is 14.1. The zero-order chi connectivity index (χ0) is 54.2. The van der Waals surface area contributed by atoms with Crippen molar-refractivity contribution in [2.45, 2.75) is 238 Å². The molecule has 0 aliphatic carbocycles. The van der Waals surface area contributed by atoms with Crippen molar-refractivity contribution in [3.63, 3.8) is 0 Å². The number of nitrogens with zero attached hydrogens (tertiary/aromatic N) is 1. The molecular formula is C64H110NO8P. The fourth-order valence-corrected chi connectivity index (χ4v) is 8.52. The molecule has 0 spiro atoms. The maximum atomic E-state index is 12.8. The van der Waals surface area contributed by atoms with Gasteiger partial charge in [0.05, 0.1) is 27.7 Å². The highest BCUT2D eigenvalue weighted by Gasteiger charge is 2.22. The van der Waals surface area contributed by atoms with Gasteiger partial charge in [0, 0.05) is 12.8 Å². The molecule has 0 aliphatic heterocycles. The van der Waals surface area contributed by atoms with Gasteiger partial charge in [0.15, 0.2) is 6.10 Å². The highest BCUT2D eigenvalue weighted by molar-refractivity contribution is 7.45. The largest absolute Gasteiger partial charge is 0.756 e. The van der Waals surface area contributed by atoms with E-state index in [1.165, 1.54) is 96.3 Å². The van der Waals surface area contributed by atoms with E-state index in [4.69, 9.17) is 18.5 Å². The SMILES string of the molecule is CC/C=C\C/C=C\C/C=C\C/C=C\C/C=C\CCCCCCCCCCCC(=O)OC(COC(=O)CCCCCCCCCCCCCC/C=C\C/C=C\C/C=C\C/C=C\CC)COP(=O)([O-])OCC[N+](C)(C)C. The first-order valence-electron chi connectivity index (χ1n) is 29.6. The van der Waals surface area contributed by atoms with Crippen LogP contribution in [0.15, 0.2) is 109 Å². The van der Waals surface area contributed by atoms with Gasteiger partial charge in [0.2, 0.25) is 0 Å². The minimum atomic E-state index is -4.65. The molecule has 74 heavy (non-hydrogen) atoms. The molecule has 2 unspecified atom stereocenters. The lowest BCUT2D eigenvalue weighted by Crippen LogP contribution is -2.37. The predicted octanol–water partition coefficient (Wildman–Crippen LogP) is 18.0. The van der Waals surface area contributed by atoms with Crippen molar-refractivity contribution in [3.8, 4) is 0 Å². The summed E-state index contributed by atoms with van der Waals surface area (Å²) in [7, 11) is 1.15. The van der Waals surface area contributed by atoms with Crippen LogP contribution in [0.3, 0.4) is 0 Å². The fraction of sp³-hybridized carbons (Fsp3) is 0.688. The first-order chi connectivity index (χ1) is 36.0. The molecule has 0 heterocycles. The molecule has 2 atom stereocenters. The van der Waals surface area contributed by atoms with Gasteiger partial charge in [-0.3, -0.25) is 14.2 Å². The minimum Gasteiger partial charge on any atom is -0.756 e. The third kappa shape index (κ3) is 57.9. The molecule has 0 bridgehead atoms. The molecule has 0 fully saturated rings. The van der Waals surface area contributed by atoms with Crippen molar-refractivity contribution in [2.75, 3.05) is 47.5 Å². The van der Waals surface area contributed by atoms with Crippen LogP contribution >= 0.6 is 7.82 Å². The molecule has 424 valence electrons. The van der Waals surface area contributed by atoms with Gasteiger partial charge >= 0.3 is 11.9 Å². The second-order valence-electron chi connectivity index (χ2n) is 20.6. The number of rotatable bonds is 53. The van der Waals surface area contributed by atoms with E-state index in [1.807, 2.05) is 21.1 Å². The van der Waals surface area contributed by atoms with Crippen LogP contribution in [0.25, 0.3) is 0 Å². The summed E-state index contributed by atoms with van der Waals surface area (Å²) in [4.78, 5) is 37.9. The van der Waals surface area contributed by atoms with Gasteiger partial charge in [-0.05, 0) is 96.3 Å². The number of phosphoric ester groups is 1. The lowest BCUT2D eigenvalue weighted by Gasteiger charge is -2.28. The Morgan fingerprint density at radius 3 is 1.08 bits per heavy atom. The zero-order valence-electron chi connectivity index (χ0n) is 48.0. The Morgan fingerprint density at radius 1 is 0.419 bits per heavy atom. The lowest BCUT2D eigenvalue weighted by atomic mass is 10.0. The topological polar surface area (TPSA) is 111 Å². The summed E-state index contributed by atoms with van der Waals surface area (Å²) >= 11 is 0. The van der Waals surface area contributed by atoms with E-state index in [0.717, 1.165) is 103 Å². The van der Waals surface area contributed by atoms with Gasteiger partial charge in [-0.15, -0.1) is 0 Å². The summed E-state index contributed by atoms with van der Waals surface area (Å²) in [6.07, 6.45) is 75.6. The van der Waals surface area contributed by atoms with Crippen molar-refractivity contribution >= 4 is 19.8 Å². The van der Waals surface area contributed by atoms with E-state index in [1.54, 1.807) is 0 Å². The zero-order valence-corrected chi connectivity index (χ0v) is 48.9. The van der Waals surface area contributed by atoms with Crippen LogP contribution < -0.4 is 4.89 Å². The lowest BCUT2D eigenvalue weighted by molar-refractivity contribution is -0.870. The predicted molar refractivity (Wildman–Crippen MR) is 314 cm³/mol. The molecule has 0 amide bonds. The summed E-state index contributed by atoms with van der Waals surface area (Å²) < 4.78 is 34.2. The molecule has 0 rings (SSSR count). The summed E-state index contributed by atoms with van der Waals surface area (Å²) in [5.74, 6) is -0.846. The Morgan fingerprint density at radius 2 is 0.730 bits per heavy atom. The summed E-state index contributed by atoms with van der Waals surface area (Å²) in [6.45, 7) is 4.01. The van der Waals surface area contributed by atoms with Crippen LogP contribution in [0, 0.1) is 0 Å². The second kappa shape index (κ2) is 54.5. The molecule has 0 aromatic rings. The van der Waals surface area contributed by atoms with Crippen LogP contribution in [0.4, 0.5) is 0 Å². The number of phosphoric acid groups is 1. The van der Waals surface area contributed by atoms with Crippen LogP contribution in [0.1, 0.15) is 232 Å². The van der Waals surface area contributed by atoms with Crippen LogP contribution in [0.2, 0.25) is 0 Å². The quantitative estimate of drug-likeness (QED) is 0.0195. The Hall–Kier alpha value is -3.33. The van der Waals surface area contributed by atoms with E-state index in [9.17, 15) is 19.0 Å². The van der Waals surface area contributed by atoms with Gasteiger partial charge in [-0.1, -0.05) is 232 Å². The van der Waals surface area contributed by atoms with E-state index in [2.05, 4.69) is 123 Å². The first-order valence-corrected chi connectivity index (χ1v) is 31.1.